The number of nitrogens with zero attached hydrogens (tertiary/aromatic N) is 1. The van der Waals surface area contributed by atoms with E-state index in [0.29, 0.717) is 5.75 Å². The van der Waals surface area contributed by atoms with Crippen LogP contribution in [0.2, 0.25) is 0 Å². The van der Waals surface area contributed by atoms with Gasteiger partial charge in [-0.15, -0.1) is 11.8 Å². The van der Waals surface area contributed by atoms with E-state index >= 15 is 0 Å². The first-order chi connectivity index (χ1) is 9.82. The fourth-order valence-corrected chi connectivity index (χ4v) is 3.77. The van der Waals surface area contributed by atoms with Gasteiger partial charge in [0, 0.05) is 11.3 Å². The molecule has 6 nitrogen and oxygen atoms in total. The first-order valence-electron chi connectivity index (χ1n) is 6.52. The van der Waals surface area contributed by atoms with Crippen molar-refractivity contribution in [1.82, 2.24) is 4.90 Å². The Kier molecular flexibility index (Phi) is 4.32. The molecule has 1 aliphatic rings. The Bertz CT molecular complexity index is 574. The van der Waals surface area contributed by atoms with Crippen LogP contribution in [-0.4, -0.2) is 49.3 Å². The van der Waals surface area contributed by atoms with Crippen LogP contribution in [-0.2, 0) is 4.79 Å². The zero-order chi connectivity index (χ0) is 15.7. The molecular weight excluding hydrogens is 294 g/mol. The number of benzene rings is 1. The van der Waals surface area contributed by atoms with E-state index in [2.05, 4.69) is 0 Å². The molecule has 1 amide bonds. The molecule has 1 aliphatic heterocycles. The normalized spacial score (nSPS) is 21.8. The zero-order valence-electron chi connectivity index (χ0n) is 11.7. The van der Waals surface area contributed by atoms with Gasteiger partial charge in [0.25, 0.3) is 5.91 Å². The minimum Gasteiger partial charge on any atom is -0.504 e. The largest absolute Gasteiger partial charge is 0.504 e. The number of aliphatic carboxylic acids is 1. The van der Waals surface area contributed by atoms with Crippen LogP contribution >= 0.6 is 11.8 Å². The maximum absolute atomic E-state index is 12.6. The second-order valence-corrected chi connectivity index (χ2v) is 6.39. The summed E-state index contributed by atoms with van der Waals surface area (Å²) in [4.78, 5) is 25.3. The van der Waals surface area contributed by atoms with Gasteiger partial charge in [0.15, 0.2) is 11.5 Å². The van der Waals surface area contributed by atoms with Crippen LogP contribution < -0.4 is 0 Å². The summed E-state index contributed by atoms with van der Waals surface area (Å²) in [5.41, 5.74) is 0.157. The van der Waals surface area contributed by atoms with Gasteiger partial charge in [-0.2, -0.15) is 0 Å². The van der Waals surface area contributed by atoms with Gasteiger partial charge in [0.1, 0.15) is 6.04 Å². The van der Waals surface area contributed by atoms with Crippen molar-refractivity contribution >= 4 is 23.6 Å². The molecule has 2 atom stereocenters. The van der Waals surface area contributed by atoms with Gasteiger partial charge in [-0.25, -0.2) is 4.79 Å². The standard InChI is InChI=1S/C14H17NO5S/c1-7(2)13-15(9(6-21-13)14(19)20)12(18)8-3-4-10(16)11(17)5-8/h3-5,7,9,13,16-17H,6H2,1-2H3,(H,19,20). The maximum Gasteiger partial charge on any atom is 0.327 e. The monoisotopic (exact) mass is 311 g/mol. The van der Waals surface area contributed by atoms with Crippen molar-refractivity contribution in [2.45, 2.75) is 25.3 Å². The van der Waals surface area contributed by atoms with E-state index in [4.69, 9.17) is 0 Å². The molecule has 0 aliphatic carbocycles. The molecule has 1 aromatic rings. The Morgan fingerprint density at radius 2 is 1.95 bits per heavy atom. The maximum atomic E-state index is 12.6. The van der Waals surface area contributed by atoms with Crippen LogP contribution in [0, 0.1) is 5.92 Å². The fraction of sp³-hybridized carbons (Fsp3) is 0.429. The minimum atomic E-state index is -1.04. The van der Waals surface area contributed by atoms with Crippen molar-refractivity contribution in [2.75, 3.05) is 5.75 Å². The average Bonchev–Trinajstić information content (AvgIpc) is 2.86. The summed E-state index contributed by atoms with van der Waals surface area (Å²) in [5, 5.41) is 27.9. The first-order valence-corrected chi connectivity index (χ1v) is 7.57. The molecule has 0 aromatic heterocycles. The summed E-state index contributed by atoms with van der Waals surface area (Å²) in [7, 11) is 0. The molecule has 21 heavy (non-hydrogen) atoms. The predicted octanol–water partition coefficient (Wildman–Crippen LogP) is 1.72. The Labute approximate surface area is 126 Å². The summed E-state index contributed by atoms with van der Waals surface area (Å²) in [5.74, 6) is -1.77. The van der Waals surface area contributed by atoms with Crippen molar-refractivity contribution in [1.29, 1.82) is 0 Å². The lowest BCUT2D eigenvalue weighted by atomic mass is 10.1. The number of carbonyl (C=O) groups excluding carboxylic acids is 1. The number of carboxylic acid groups (broad SMARTS) is 1. The third-order valence-corrected chi connectivity index (χ3v) is 4.97. The lowest BCUT2D eigenvalue weighted by Crippen LogP contribution is -2.47. The van der Waals surface area contributed by atoms with Gasteiger partial charge in [0.2, 0.25) is 0 Å². The summed E-state index contributed by atoms with van der Waals surface area (Å²) >= 11 is 1.44. The lowest BCUT2D eigenvalue weighted by molar-refractivity contribution is -0.141. The van der Waals surface area contributed by atoms with E-state index in [0.717, 1.165) is 6.07 Å². The highest BCUT2D eigenvalue weighted by Gasteiger charge is 2.43. The van der Waals surface area contributed by atoms with Crippen LogP contribution in [0.15, 0.2) is 18.2 Å². The highest BCUT2D eigenvalue weighted by Crippen LogP contribution is 2.36. The second kappa shape index (κ2) is 5.85. The van der Waals surface area contributed by atoms with E-state index in [1.165, 1.54) is 28.8 Å². The van der Waals surface area contributed by atoms with E-state index in [1.54, 1.807) is 0 Å². The topological polar surface area (TPSA) is 98.1 Å². The average molecular weight is 311 g/mol. The molecule has 0 spiro atoms. The molecule has 1 heterocycles. The molecule has 0 bridgehead atoms. The second-order valence-electron chi connectivity index (χ2n) is 5.24. The predicted molar refractivity (Wildman–Crippen MR) is 78.4 cm³/mol. The number of carbonyl (C=O) groups is 2. The minimum absolute atomic E-state index is 0.106. The van der Waals surface area contributed by atoms with Crippen molar-refractivity contribution in [3.8, 4) is 11.5 Å². The van der Waals surface area contributed by atoms with Crippen LogP contribution in [0.4, 0.5) is 0 Å². The zero-order valence-corrected chi connectivity index (χ0v) is 12.5. The highest BCUT2D eigenvalue weighted by molar-refractivity contribution is 8.00. The van der Waals surface area contributed by atoms with Crippen LogP contribution in [0.1, 0.15) is 24.2 Å². The number of thioether (sulfide) groups is 1. The van der Waals surface area contributed by atoms with E-state index in [-0.39, 0.29) is 22.6 Å². The third-order valence-electron chi connectivity index (χ3n) is 3.35. The summed E-state index contributed by atoms with van der Waals surface area (Å²) in [6.45, 7) is 3.85. The molecule has 1 fully saturated rings. The van der Waals surface area contributed by atoms with Crippen LogP contribution in [0.3, 0.4) is 0 Å². The number of amides is 1. The molecule has 2 rings (SSSR count). The number of hydrogen-bond donors (Lipinski definition) is 3. The number of phenols is 2. The number of aromatic hydroxyl groups is 2. The smallest absolute Gasteiger partial charge is 0.327 e. The SMILES string of the molecule is CC(C)C1SCC(C(=O)O)N1C(=O)c1ccc(O)c(O)c1. The molecule has 2 unspecified atom stereocenters. The molecule has 7 heteroatoms. The van der Waals surface area contributed by atoms with E-state index < -0.39 is 23.7 Å². The van der Waals surface area contributed by atoms with Gasteiger partial charge >= 0.3 is 5.97 Å². The lowest BCUT2D eigenvalue weighted by Gasteiger charge is -2.29. The Morgan fingerprint density at radius 1 is 1.29 bits per heavy atom. The third kappa shape index (κ3) is 2.92. The number of phenolic OH excluding ortho intramolecular Hbond substituents is 2. The van der Waals surface area contributed by atoms with Gasteiger partial charge < -0.3 is 20.2 Å². The van der Waals surface area contributed by atoms with Gasteiger partial charge in [-0.3, -0.25) is 4.79 Å². The molecule has 1 aromatic carbocycles. The number of carboxylic acids is 1. The van der Waals surface area contributed by atoms with Crippen molar-refractivity contribution in [3.05, 3.63) is 23.8 Å². The van der Waals surface area contributed by atoms with Gasteiger partial charge in [-0.05, 0) is 24.1 Å². The van der Waals surface area contributed by atoms with Crippen molar-refractivity contribution < 1.29 is 24.9 Å². The van der Waals surface area contributed by atoms with Crippen molar-refractivity contribution in [3.63, 3.8) is 0 Å². The molecule has 0 saturated carbocycles. The van der Waals surface area contributed by atoms with E-state index in [9.17, 15) is 24.9 Å². The van der Waals surface area contributed by atoms with Gasteiger partial charge in [0.05, 0.1) is 5.37 Å². The molecular formula is C14H17NO5S. The van der Waals surface area contributed by atoms with E-state index in [1.807, 2.05) is 13.8 Å². The van der Waals surface area contributed by atoms with Gasteiger partial charge in [-0.1, -0.05) is 13.8 Å². The Morgan fingerprint density at radius 3 is 2.48 bits per heavy atom. The molecule has 0 radical (unpaired) electrons. The Balaban J connectivity index is 2.36. The summed E-state index contributed by atoms with van der Waals surface area (Å²) in [6.07, 6.45) is 0. The summed E-state index contributed by atoms with van der Waals surface area (Å²) in [6, 6.07) is 2.85. The fourth-order valence-electron chi connectivity index (χ4n) is 2.29. The highest BCUT2D eigenvalue weighted by atomic mass is 32.2. The number of hydrogen-bond acceptors (Lipinski definition) is 5. The van der Waals surface area contributed by atoms with Crippen LogP contribution in [0.5, 0.6) is 11.5 Å². The van der Waals surface area contributed by atoms with Crippen LogP contribution in [0.25, 0.3) is 0 Å². The Hall–Kier alpha value is -1.89. The molecule has 114 valence electrons. The first kappa shape index (κ1) is 15.5. The quantitative estimate of drug-likeness (QED) is 0.735. The molecule has 3 N–H and O–H groups in total. The number of rotatable bonds is 3. The molecule has 1 saturated heterocycles. The van der Waals surface area contributed by atoms with Crippen molar-refractivity contribution in [2.24, 2.45) is 5.92 Å². The summed E-state index contributed by atoms with van der Waals surface area (Å²) < 4.78 is 0.